The van der Waals surface area contributed by atoms with Crippen molar-refractivity contribution in [2.45, 2.75) is 65.0 Å². The van der Waals surface area contributed by atoms with Crippen LogP contribution in [0.3, 0.4) is 0 Å². The number of rotatable bonds is 4. The van der Waals surface area contributed by atoms with E-state index in [1.165, 1.54) is 0 Å². The Morgan fingerprint density at radius 3 is 2.44 bits per heavy atom. The fraction of sp³-hybridized carbons (Fsp3) is 0.462. The van der Waals surface area contributed by atoms with Crippen molar-refractivity contribution in [1.82, 2.24) is 14.9 Å². The molecule has 2 aromatic heterocycles. The lowest BCUT2D eigenvalue weighted by Crippen LogP contribution is -2.43. The molecule has 3 aromatic rings. The zero-order valence-corrected chi connectivity index (χ0v) is 20.4. The number of pyridine rings is 1. The van der Waals surface area contributed by atoms with Crippen molar-refractivity contribution in [1.29, 1.82) is 0 Å². The summed E-state index contributed by atoms with van der Waals surface area (Å²) in [5.41, 5.74) is 0.396. The number of anilines is 1. The van der Waals surface area contributed by atoms with Crippen LogP contribution in [0.25, 0.3) is 22.1 Å². The Kier molecular flexibility index (Phi) is 6.59. The molecule has 1 aliphatic rings. The normalized spacial score (nSPS) is 18.5. The quantitative estimate of drug-likeness (QED) is 0.543. The molecule has 0 radical (unpaired) electrons. The molecule has 8 heteroatoms. The Morgan fingerprint density at radius 2 is 1.79 bits per heavy atom. The summed E-state index contributed by atoms with van der Waals surface area (Å²) in [5, 5.41) is 4.91. The first kappa shape index (κ1) is 23.7. The van der Waals surface area contributed by atoms with Crippen molar-refractivity contribution in [2.24, 2.45) is 5.92 Å². The number of nitrogens with zero attached hydrogens (tertiary/aromatic N) is 3. The highest BCUT2D eigenvalue weighted by atomic mass is 16.6. The van der Waals surface area contributed by atoms with E-state index in [1.54, 1.807) is 24.3 Å². The number of ether oxygens (including phenoxy) is 1. The van der Waals surface area contributed by atoms with Crippen molar-refractivity contribution in [2.75, 3.05) is 12.4 Å². The fourth-order valence-electron chi connectivity index (χ4n) is 4.29. The van der Waals surface area contributed by atoms with E-state index in [-0.39, 0.29) is 24.0 Å². The van der Waals surface area contributed by atoms with Gasteiger partial charge >= 0.3 is 6.09 Å². The van der Waals surface area contributed by atoms with E-state index >= 15 is 0 Å². The molecule has 1 aliphatic carbocycles. The third-order valence-corrected chi connectivity index (χ3v) is 6.18. The van der Waals surface area contributed by atoms with Gasteiger partial charge in [-0.05, 0) is 64.0 Å². The Morgan fingerprint density at radius 1 is 1.06 bits per heavy atom. The second-order valence-corrected chi connectivity index (χ2v) is 9.96. The van der Waals surface area contributed by atoms with Crippen molar-refractivity contribution in [3.63, 3.8) is 0 Å². The van der Waals surface area contributed by atoms with Gasteiger partial charge in [0.15, 0.2) is 11.7 Å². The molecule has 34 heavy (non-hydrogen) atoms. The molecule has 1 aromatic carbocycles. The molecule has 0 unspecified atom stereocenters. The van der Waals surface area contributed by atoms with Crippen LogP contribution >= 0.6 is 0 Å². The fourth-order valence-corrected chi connectivity index (χ4v) is 4.29. The molecule has 0 bridgehead atoms. The van der Waals surface area contributed by atoms with Crippen LogP contribution in [0.5, 0.6) is 0 Å². The highest BCUT2D eigenvalue weighted by Gasteiger charge is 2.32. The van der Waals surface area contributed by atoms with E-state index in [4.69, 9.17) is 9.15 Å². The summed E-state index contributed by atoms with van der Waals surface area (Å²) in [7, 11) is 1.77. The summed E-state index contributed by atoms with van der Waals surface area (Å²) in [6.07, 6.45) is 6.10. The maximum atomic E-state index is 12.9. The molecule has 180 valence electrons. The molecular formula is C26H32N4O4. The van der Waals surface area contributed by atoms with Crippen molar-refractivity contribution >= 4 is 28.6 Å². The number of carbonyl (C=O) groups excluding carboxylic acids is 2. The van der Waals surface area contributed by atoms with E-state index in [1.807, 2.05) is 52.0 Å². The van der Waals surface area contributed by atoms with Crippen LogP contribution in [-0.2, 0) is 9.53 Å². The molecule has 0 saturated heterocycles. The van der Waals surface area contributed by atoms with Gasteiger partial charge in [0, 0.05) is 43.1 Å². The van der Waals surface area contributed by atoms with Crippen molar-refractivity contribution < 1.29 is 18.7 Å². The molecule has 8 nitrogen and oxygen atoms in total. The van der Waals surface area contributed by atoms with Crippen LogP contribution in [0.15, 0.2) is 41.1 Å². The number of carbonyl (C=O) groups is 2. The Balaban J connectivity index is 1.37. The first-order chi connectivity index (χ1) is 16.1. The lowest BCUT2D eigenvalue weighted by atomic mass is 9.85. The first-order valence-corrected chi connectivity index (χ1v) is 11.7. The van der Waals surface area contributed by atoms with Gasteiger partial charge in [-0.15, -0.1) is 0 Å². The van der Waals surface area contributed by atoms with Gasteiger partial charge in [0.05, 0.1) is 6.20 Å². The molecule has 1 fully saturated rings. The average Bonchev–Trinajstić information content (AvgIpc) is 3.23. The molecule has 2 amide bonds. The zero-order chi connectivity index (χ0) is 24.5. The minimum absolute atomic E-state index is 0.0350. The highest BCUT2D eigenvalue weighted by molar-refractivity contribution is 5.95. The average molecular weight is 465 g/mol. The third kappa shape index (κ3) is 5.55. The number of aromatic nitrogens is 2. The van der Waals surface area contributed by atoms with Crippen LogP contribution < -0.4 is 5.32 Å². The lowest BCUT2D eigenvalue weighted by molar-refractivity contribution is -0.121. The first-order valence-electron chi connectivity index (χ1n) is 11.7. The highest BCUT2D eigenvalue weighted by Crippen LogP contribution is 2.30. The summed E-state index contributed by atoms with van der Waals surface area (Å²) in [4.78, 5) is 35.5. The van der Waals surface area contributed by atoms with Gasteiger partial charge in [-0.25, -0.2) is 14.8 Å². The largest absolute Gasteiger partial charge is 0.444 e. The van der Waals surface area contributed by atoms with Crippen LogP contribution in [0.4, 0.5) is 10.6 Å². The summed E-state index contributed by atoms with van der Waals surface area (Å²) < 4.78 is 11.1. The number of oxazole rings is 1. The number of hydrogen-bond acceptors (Lipinski definition) is 6. The topological polar surface area (TPSA) is 97.6 Å². The van der Waals surface area contributed by atoms with E-state index < -0.39 is 5.60 Å². The molecule has 1 saturated carbocycles. The number of fused-ring (bicyclic) bond motifs is 1. The van der Waals surface area contributed by atoms with Crippen LogP contribution in [0.1, 0.15) is 52.3 Å². The SMILES string of the molecule is Cc1ncc(-c2ccc3cnc(NC(=O)C4CCC(N(C)C(=O)OC(C)(C)C)CC4)cc3c2)o1. The minimum atomic E-state index is -0.524. The van der Waals surface area contributed by atoms with E-state index in [0.29, 0.717) is 30.3 Å². The van der Waals surface area contributed by atoms with Gasteiger partial charge in [0.2, 0.25) is 5.91 Å². The van der Waals surface area contributed by atoms with Gasteiger partial charge in [0.1, 0.15) is 11.4 Å². The number of amides is 2. The molecule has 2 heterocycles. The minimum Gasteiger partial charge on any atom is -0.444 e. The summed E-state index contributed by atoms with van der Waals surface area (Å²) >= 11 is 0. The second kappa shape index (κ2) is 9.44. The van der Waals surface area contributed by atoms with E-state index in [9.17, 15) is 9.59 Å². The molecule has 4 rings (SSSR count). The smallest absolute Gasteiger partial charge is 0.410 e. The maximum absolute atomic E-state index is 12.9. The predicted octanol–water partition coefficient (Wildman–Crippen LogP) is 5.56. The summed E-state index contributed by atoms with van der Waals surface area (Å²) in [6, 6.07) is 7.90. The second-order valence-electron chi connectivity index (χ2n) is 9.96. The number of benzene rings is 1. The van der Waals surface area contributed by atoms with Gasteiger partial charge in [-0.1, -0.05) is 12.1 Å². The van der Waals surface area contributed by atoms with Gasteiger partial charge in [-0.3, -0.25) is 4.79 Å². The summed E-state index contributed by atoms with van der Waals surface area (Å²) in [5.74, 6) is 1.70. The van der Waals surface area contributed by atoms with Gasteiger partial charge < -0.3 is 19.4 Å². The predicted molar refractivity (Wildman–Crippen MR) is 130 cm³/mol. The van der Waals surface area contributed by atoms with Gasteiger partial charge in [-0.2, -0.15) is 0 Å². The third-order valence-electron chi connectivity index (χ3n) is 6.18. The van der Waals surface area contributed by atoms with Crippen LogP contribution in [0, 0.1) is 12.8 Å². The molecular weight excluding hydrogens is 432 g/mol. The van der Waals surface area contributed by atoms with Crippen molar-refractivity contribution in [3.05, 3.63) is 42.5 Å². The number of hydrogen-bond donors (Lipinski definition) is 1. The van der Waals surface area contributed by atoms with E-state index in [2.05, 4.69) is 15.3 Å². The van der Waals surface area contributed by atoms with Crippen molar-refractivity contribution in [3.8, 4) is 11.3 Å². The molecule has 0 spiro atoms. The van der Waals surface area contributed by atoms with Crippen LogP contribution in [0.2, 0.25) is 0 Å². The summed E-state index contributed by atoms with van der Waals surface area (Å²) in [6.45, 7) is 7.38. The van der Waals surface area contributed by atoms with Crippen LogP contribution in [-0.4, -0.2) is 45.6 Å². The van der Waals surface area contributed by atoms with E-state index in [0.717, 1.165) is 29.2 Å². The Hall–Kier alpha value is -3.42. The number of aryl methyl sites for hydroxylation is 1. The molecule has 0 aliphatic heterocycles. The maximum Gasteiger partial charge on any atom is 0.410 e. The van der Waals surface area contributed by atoms with Gasteiger partial charge in [0.25, 0.3) is 0 Å². The Bertz CT molecular complexity index is 1190. The Labute approximate surface area is 199 Å². The lowest BCUT2D eigenvalue weighted by Gasteiger charge is -2.35. The molecule has 1 N–H and O–H groups in total. The number of nitrogens with one attached hydrogen (secondary N) is 1. The standard InChI is InChI=1S/C26H32N4O4/c1-16-27-15-22(33-16)18-6-7-19-14-28-23(13-20(19)12-18)29-24(31)17-8-10-21(11-9-17)30(5)25(32)34-26(2,3)4/h6-7,12-15,17,21H,8-11H2,1-5H3,(H,28,29,31). The monoisotopic (exact) mass is 464 g/mol. The zero-order valence-electron chi connectivity index (χ0n) is 20.4. The molecule has 0 atom stereocenters.